The summed E-state index contributed by atoms with van der Waals surface area (Å²) >= 11 is 0. The minimum Gasteiger partial charge on any atom is -0.392 e. The Morgan fingerprint density at radius 3 is 2.80 bits per heavy atom. The van der Waals surface area contributed by atoms with Gasteiger partial charge in [0.05, 0.1) is 12.8 Å². The van der Waals surface area contributed by atoms with Crippen molar-refractivity contribution < 1.29 is 13.5 Å². The standard InChI is InChI=1S/C13H21N3O3S/c17-9-12-7-14-15-13(12)20(18,19)16-6-5-10-3-1-2-4-11(10)8-16/h7,10-11,17H,1-6,8-9H2,(H,14,15). The van der Waals surface area contributed by atoms with Gasteiger partial charge in [-0.1, -0.05) is 19.3 Å². The first-order chi connectivity index (χ1) is 9.63. The highest BCUT2D eigenvalue weighted by Gasteiger charge is 2.37. The molecular weight excluding hydrogens is 278 g/mol. The normalized spacial score (nSPS) is 28.2. The number of nitrogens with zero attached hydrogens (tertiary/aromatic N) is 2. The van der Waals surface area contributed by atoms with E-state index in [-0.39, 0.29) is 11.6 Å². The molecule has 1 saturated carbocycles. The third-order valence-electron chi connectivity index (χ3n) is 4.70. The summed E-state index contributed by atoms with van der Waals surface area (Å²) in [5.41, 5.74) is 0.343. The Morgan fingerprint density at radius 2 is 2.05 bits per heavy atom. The van der Waals surface area contributed by atoms with Gasteiger partial charge in [-0.05, 0) is 24.7 Å². The number of fused-ring (bicyclic) bond motifs is 1. The van der Waals surface area contributed by atoms with E-state index >= 15 is 0 Å². The maximum Gasteiger partial charge on any atom is 0.260 e. The van der Waals surface area contributed by atoms with Crippen LogP contribution in [-0.4, -0.2) is 41.1 Å². The molecule has 2 unspecified atom stereocenters. The predicted molar refractivity (Wildman–Crippen MR) is 73.3 cm³/mol. The van der Waals surface area contributed by atoms with Crippen molar-refractivity contribution in [2.24, 2.45) is 11.8 Å². The summed E-state index contributed by atoms with van der Waals surface area (Å²) in [5, 5.41) is 15.5. The van der Waals surface area contributed by atoms with Gasteiger partial charge >= 0.3 is 0 Å². The predicted octanol–water partition coefficient (Wildman–Crippen LogP) is 1.10. The fourth-order valence-electron chi connectivity index (χ4n) is 3.55. The van der Waals surface area contributed by atoms with Gasteiger partial charge in [0.15, 0.2) is 5.03 Å². The fraction of sp³-hybridized carbons (Fsp3) is 0.769. The molecule has 112 valence electrons. The van der Waals surface area contributed by atoms with E-state index in [1.54, 1.807) is 4.31 Å². The minimum atomic E-state index is -3.56. The first-order valence-electron chi connectivity index (χ1n) is 7.26. The molecule has 7 heteroatoms. The van der Waals surface area contributed by atoms with Crippen molar-refractivity contribution in [1.29, 1.82) is 0 Å². The Labute approximate surface area is 119 Å². The molecule has 2 heterocycles. The van der Waals surface area contributed by atoms with Gasteiger partial charge in [0.25, 0.3) is 10.0 Å². The van der Waals surface area contributed by atoms with Crippen molar-refractivity contribution in [1.82, 2.24) is 14.5 Å². The summed E-state index contributed by atoms with van der Waals surface area (Å²) in [6, 6.07) is 0. The molecule has 2 fully saturated rings. The van der Waals surface area contributed by atoms with Crippen LogP contribution in [0.2, 0.25) is 0 Å². The smallest absolute Gasteiger partial charge is 0.260 e. The molecule has 2 N–H and O–H groups in total. The number of piperidine rings is 1. The number of hydrogen-bond acceptors (Lipinski definition) is 4. The first-order valence-corrected chi connectivity index (χ1v) is 8.70. The van der Waals surface area contributed by atoms with Crippen LogP contribution >= 0.6 is 0 Å². The topological polar surface area (TPSA) is 86.3 Å². The Kier molecular flexibility index (Phi) is 3.83. The number of hydrogen-bond donors (Lipinski definition) is 2. The zero-order chi connectivity index (χ0) is 14.2. The van der Waals surface area contributed by atoms with Crippen LogP contribution in [0, 0.1) is 11.8 Å². The molecule has 1 saturated heterocycles. The Hall–Kier alpha value is -0.920. The first kappa shape index (κ1) is 14.0. The van der Waals surface area contributed by atoms with Crippen molar-refractivity contribution in [3.05, 3.63) is 11.8 Å². The van der Waals surface area contributed by atoms with Crippen LogP contribution in [-0.2, 0) is 16.6 Å². The van der Waals surface area contributed by atoms with E-state index in [4.69, 9.17) is 0 Å². The van der Waals surface area contributed by atoms with E-state index in [2.05, 4.69) is 10.2 Å². The molecule has 0 bridgehead atoms. The number of rotatable bonds is 3. The molecule has 3 rings (SSSR count). The summed E-state index contributed by atoms with van der Waals surface area (Å²) in [5.74, 6) is 1.18. The second-order valence-electron chi connectivity index (χ2n) is 5.84. The zero-order valence-electron chi connectivity index (χ0n) is 11.5. The van der Waals surface area contributed by atoms with Crippen molar-refractivity contribution in [2.45, 2.75) is 43.7 Å². The van der Waals surface area contributed by atoms with Crippen LogP contribution in [0.5, 0.6) is 0 Å². The molecule has 1 aromatic rings. The lowest BCUT2D eigenvalue weighted by atomic mass is 9.76. The highest BCUT2D eigenvalue weighted by Crippen LogP contribution is 2.37. The largest absolute Gasteiger partial charge is 0.392 e. The van der Waals surface area contributed by atoms with Crippen molar-refractivity contribution >= 4 is 10.0 Å². The number of aromatic amines is 1. The van der Waals surface area contributed by atoms with Crippen LogP contribution in [0.15, 0.2) is 11.2 Å². The van der Waals surface area contributed by atoms with E-state index in [0.717, 1.165) is 12.8 Å². The number of H-pyrrole nitrogens is 1. The molecule has 2 atom stereocenters. The Morgan fingerprint density at radius 1 is 1.30 bits per heavy atom. The Balaban J connectivity index is 1.82. The van der Waals surface area contributed by atoms with Gasteiger partial charge in [-0.2, -0.15) is 9.40 Å². The fourth-order valence-corrected chi connectivity index (χ4v) is 5.16. The van der Waals surface area contributed by atoms with Crippen molar-refractivity contribution in [3.63, 3.8) is 0 Å². The van der Waals surface area contributed by atoms with Crippen LogP contribution < -0.4 is 0 Å². The van der Waals surface area contributed by atoms with Gasteiger partial charge in [0.1, 0.15) is 0 Å². The van der Waals surface area contributed by atoms with E-state index < -0.39 is 10.0 Å². The average molecular weight is 299 g/mol. The van der Waals surface area contributed by atoms with Crippen LogP contribution in [0.25, 0.3) is 0 Å². The third kappa shape index (κ3) is 2.38. The monoisotopic (exact) mass is 299 g/mol. The highest BCUT2D eigenvalue weighted by atomic mass is 32.2. The van der Waals surface area contributed by atoms with Gasteiger partial charge in [0.2, 0.25) is 0 Å². The van der Waals surface area contributed by atoms with Gasteiger partial charge in [-0.15, -0.1) is 0 Å². The molecular formula is C13H21N3O3S. The lowest BCUT2D eigenvalue weighted by Gasteiger charge is -2.40. The molecule has 1 aliphatic heterocycles. The van der Waals surface area contributed by atoms with Gasteiger partial charge < -0.3 is 5.11 Å². The minimum absolute atomic E-state index is 0.0502. The summed E-state index contributed by atoms with van der Waals surface area (Å²) in [6.45, 7) is 0.870. The van der Waals surface area contributed by atoms with Crippen molar-refractivity contribution in [2.75, 3.05) is 13.1 Å². The van der Waals surface area contributed by atoms with E-state index in [9.17, 15) is 13.5 Å². The SMILES string of the molecule is O=S(=O)(c1[nH]ncc1CO)N1CCC2CCCCC2C1. The van der Waals surface area contributed by atoms with Gasteiger partial charge in [-0.25, -0.2) is 8.42 Å². The summed E-state index contributed by atoms with van der Waals surface area (Å²) < 4.78 is 26.9. The Bertz CT molecular complexity index is 569. The summed E-state index contributed by atoms with van der Waals surface area (Å²) in [7, 11) is -3.56. The van der Waals surface area contributed by atoms with Crippen molar-refractivity contribution in [3.8, 4) is 0 Å². The maximum absolute atomic E-state index is 12.6. The number of aliphatic hydroxyl groups excluding tert-OH is 1. The molecule has 0 amide bonds. The van der Waals surface area contributed by atoms with Gasteiger partial charge in [0, 0.05) is 18.7 Å². The van der Waals surface area contributed by atoms with Gasteiger partial charge in [-0.3, -0.25) is 5.10 Å². The third-order valence-corrected chi connectivity index (χ3v) is 6.58. The number of sulfonamides is 1. The summed E-state index contributed by atoms with van der Waals surface area (Å²) in [4.78, 5) is 0. The molecule has 0 radical (unpaired) electrons. The summed E-state index contributed by atoms with van der Waals surface area (Å²) in [6.07, 6.45) is 7.19. The second-order valence-corrected chi connectivity index (χ2v) is 7.71. The van der Waals surface area contributed by atoms with Crippen LogP contribution in [0.1, 0.15) is 37.7 Å². The number of aromatic nitrogens is 2. The van der Waals surface area contributed by atoms with E-state index in [0.29, 0.717) is 30.5 Å². The number of aliphatic hydroxyl groups is 1. The van der Waals surface area contributed by atoms with Crippen LogP contribution in [0.4, 0.5) is 0 Å². The lowest BCUT2D eigenvalue weighted by molar-refractivity contribution is 0.136. The second kappa shape index (κ2) is 5.46. The molecule has 0 aromatic carbocycles. The average Bonchev–Trinajstić information content (AvgIpc) is 2.96. The maximum atomic E-state index is 12.6. The molecule has 2 aliphatic rings. The highest BCUT2D eigenvalue weighted by molar-refractivity contribution is 7.89. The van der Waals surface area contributed by atoms with E-state index in [1.807, 2.05) is 0 Å². The molecule has 20 heavy (non-hydrogen) atoms. The van der Waals surface area contributed by atoms with Crippen LogP contribution in [0.3, 0.4) is 0 Å². The van der Waals surface area contributed by atoms with E-state index in [1.165, 1.54) is 25.5 Å². The quantitative estimate of drug-likeness (QED) is 0.875. The molecule has 1 aromatic heterocycles. The molecule has 0 spiro atoms. The number of nitrogens with one attached hydrogen (secondary N) is 1. The molecule has 1 aliphatic carbocycles. The lowest BCUT2D eigenvalue weighted by Crippen LogP contribution is -2.45. The zero-order valence-corrected chi connectivity index (χ0v) is 12.3. The molecule has 6 nitrogen and oxygen atoms in total.